The summed E-state index contributed by atoms with van der Waals surface area (Å²) in [5.74, 6) is 1.10. The molecule has 1 aliphatic heterocycles. The van der Waals surface area contributed by atoms with Gasteiger partial charge in [-0.1, -0.05) is 13.0 Å². The standard InChI is InChI=1S/C13H21N3/c1-3-11-6-5-9-16(11)13-12(10(2)14)7-4-8-15-13/h4,7-8,10-11H,3,5-6,9,14H2,1-2H3. The van der Waals surface area contributed by atoms with Gasteiger partial charge in [0.2, 0.25) is 0 Å². The van der Waals surface area contributed by atoms with Gasteiger partial charge in [-0.25, -0.2) is 4.98 Å². The van der Waals surface area contributed by atoms with Crippen LogP contribution in [-0.2, 0) is 0 Å². The average Bonchev–Trinajstić information content (AvgIpc) is 2.76. The summed E-state index contributed by atoms with van der Waals surface area (Å²) < 4.78 is 0. The van der Waals surface area contributed by atoms with E-state index in [4.69, 9.17) is 5.73 Å². The van der Waals surface area contributed by atoms with Gasteiger partial charge in [0.05, 0.1) is 0 Å². The number of hydrogen-bond donors (Lipinski definition) is 1. The molecule has 2 unspecified atom stereocenters. The molecule has 1 fully saturated rings. The van der Waals surface area contributed by atoms with Crippen LogP contribution >= 0.6 is 0 Å². The predicted molar refractivity (Wildman–Crippen MR) is 67.5 cm³/mol. The highest BCUT2D eigenvalue weighted by Crippen LogP contribution is 2.30. The average molecular weight is 219 g/mol. The van der Waals surface area contributed by atoms with Crippen molar-refractivity contribution in [3.05, 3.63) is 23.9 Å². The number of nitrogens with zero attached hydrogens (tertiary/aromatic N) is 2. The van der Waals surface area contributed by atoms with Gasteiger partial charge in [0.1, 0.15) is 5.82 Å². The van der Waals surface area contributed by atoms with E-state index in [1.165, 1.54) is 24.8 Å². The van der Waals surface area contributed by atoms with Crippen molar-refractivity contribution in [3.8, 4) is 0 Å². The van der Waals surface area contributed by atoms with Gasteiger partial charge in [-0.2, -0.15) is 0 Å². The third-order valence-corrected chi connectivity index (χ3v) is 3.43. The molecule has 16 heavy (non-hydrogen) atoms. The first-order chi connectivity index (χ1) is 7.74. The molecule has 0 bridgehead atoms. The highest BCUT2D eigenvalue weighted by molar-refractivity contribution is 5.49. The molecule has 2 heterocycles. The summed E-state index contributed by atoms with van der Waals surface area (Å²) in [4.78, 5) is 6.96. The summed E-state index contributed by atoms with van der Waals surface area (Å²) in [7, 11) is 0. The minimum atomic E-state index is 0.0572. The van der Waals surface area contributed by atoms with Gasteiger partial charge in [-0.05, 0) is 32.3 Å². The van der Waals surface area contributed by atoms with Crippen LogP contribution in [0.2, 0.25) is 0 Å². The van der Waals surface area contributed by atoms with E-state index >= 15 is 0 Å². The Labute approximate surface area is 97.7 Å². The van der Waals surface area contributed by atoms with Crippen molar-refractivity contribution in [2.45, 2.75) is 45.2 Å². The van der Waals surface area contributed by atoms with Crippen molar-refractivity contribution < 1.29 is 0 Å². The van der Waals surface area contributed by atoms with Gasteiger partial charge >= 0.3 is 0 Å². The number of rotatable bonds is 3. The summed E-state index contributed by atoms with van der Waals surface area (Å²) >= 11 is 0. The van der Waals surface area contributed by atoms with E-state index in [0.29, 0.717) is 6.04 Å². The number of pyridine rings is 1. The molecular formula is C13H21N3. The second-order valence-electron chi connectivity index (χ2n) is 4.60. The molecule has 0 saturated carbocycles. The Balaban J connectivity index is 2.32. The SMILES string of the molecule is CCC1CCCN1c1ncccc1C(C)N. The lowest BCUT2D eigenvalue weighted by atomic mass is 10.1. The van der Waals surface area contributed by atoms with Crippen molar-refractivity contribution in [1.82, 2.24) is 4.98 Å². The molecule has 1 aromatic heterocycles. The Morgan fingerprint density at radius 3 is 3.12 bits per heavy atom. The Hall–Kier alpha value is -1.09. The van der Waals surface area contributed by atoms with E-state index in [1.807, 2.05) is 19.2 Å². The predicted octanol–water partition coefficient (Wildman–Crippen LogP) is 2.48. The van der Waals surface area contributed by atoms with Crippen LogP contribution in [0.3, 0.4) is 0 Å². The summed E-state index contributed by atoms with van der Waals surface area (Å²) in [6, 6.07) is 4.77. The maximum atomic E-state index is 6.00. The zero-order chi connectivity index (χ0) is 11.5. The Bertz CT molecular complexity index is 349. The Morgan fingerprint density at radius 2 is 2.44 bits per heavy atom. The lowest BCUT2D eigenvalue weighted by Gasteiger charge is -2.27. The fourth-order valence-electron chi connectivity index (χ4n) is 2.54. The molecule has 3 heteroatoms. The molecule has 2 atom stereocenters. The fraction of sp³-hybridized carbons (Fsp3) is 0.615. The van der Waals surface area contributed by atoms with E-state index in [1.54, 1.807) is 0 Å². The second kappa shape index (κ2) is 4.83. The number of hydrogen-bond acceptors (Lipinski definition) is 3. The normalized spacial score (nSPS) is 22.4. The van der Waals surface area contributed by atoms with Crippen LogP contribution in [0.4, 0.5) is 5.82 Å². The molecule has 1 aromatic rings. The van der Waals surface area contributed by atoms with Crippen molar-refractivity contribution in [3.63, 3.8) is 0 Å². The second-order valence-corrected chi connectivity index (χ2v) is 4.60. The molecule has 1 aliphatic rings. The highest BCUT2D eigenvalue weighted by atomic mass is 15.2. The lowest BCUT2D eigenvalue weighted by molar-refractivity contribution is 0.635. The zero-order valence-corrected chi connectivity index (χ0v) is 10.2. The third-order valence-electron chi connectivity index (χ3n) is 3.43. The van der Waals surface area contributed by atoms with Crippen molar-refractivity contribution in [1.29, 1.82) is 0 Å². The van der Waals surface area contributed by atoms with Crippen molar-refractivity contribution in [2.24, 2.45) is 5.73 Å². The van der Waals surface area contributed by atoms with Crippen molar-refractivity contribution in [2.75, 3.05) is 11.4 Å². The van der Waals surface area contributed by atoms with Gasteiger partial charge < -0.3 is 10.6 Å². The van der Waals surface area contributed by atoms with Gasteiger partial charge in [0.15, 0.2) is 0 Å². The van der Waals surface area contributed by atoms with Gasteiger partial charge in [-0.3, -0.25) is 0 Å². The molecule has 0 aliphatic carbocycles. The minimum Gasteiger partial charge on any atom is -0.353 e. The maximum Gasteiger partial charge on any atom is 0.133 e. The molecule has 3 nitrogen and oxygen atoms in total. The van der Waals surface area contributed by atoms with Crippen LogP contribution in [0, 0.1) is 0 Å². The fourth-order valence-corrected chi connectivity index (χ4v) is 2.54. The summed E-state index contributed by atoms with van der Waals surface area (Å²) in [5.41, 5.74) is 7.17. The van der Waals surface area contributed by atoms with E-state index in [2.05, 4.69) is 22.9 Å². The quantitative estimate of drug-likeness (QED) is 0.849. The molecule has 0 spiro atoms. The Morgan fingerprint density at radius 1 is 1.62 bits per heavy atom. The zero-order valence-electron chi connectivity index (χ0n) is 10.2. The first-order valence-electron chi connectivity index (χ1n) is 6.21. The summed E-state index contributed by atoms with van der Waals surface area (Å²) in [6.07, 6.45) is 5.61. The smallest absolute Gasteiger partial charge is 0.133 e. The number of nitrogens with two attached hydrogens (primary N) is 1. The van der Waals surface area contributed by atoms with Gasteiger partial charge in [0.25, 0.3) is 0 Å². The first kappa shape index (κ1) is 11.4. The van der Waals surface area contributed by atoms with Crippen LogP contribution in [0.1, 0.15) is 44.7 Å². The summed E-state index contributed by atoms with van der Waals surface area (Å²) in [6.45, 7) is 5.39. The van der Waals surface area contributed by atoms with Gasteiger partial charge in [0, 0.05) is 30.4 Å². The van der Waals surface area contributed by atoms with Crippen LogP contribution < -0.4 is 10.6 Å². The van der Waals surface area contributed by atoms with Crippen molar-refractivity contribution >= 4 is 5.82 Å². The molecule has 0 amide bonds. The molecule has 88 valence electrons. The van der Waals surface area contributed by atoms with E-state index in [-0.39, 0.29) is 6.04 Å². The highest BCUT2D eigenvalue weighted by Gasteiger charge is 2.26. The van der Waals surface area contributed by atoms with Crippen LogP contribution in [0.25, 0.3) is 0 Å². The molecule has 0 aromatic carbocycles. The minimum absolute atomic E-state index is 0.0572. The van der Waals surface area contributed by atoms with Crippen LogP contribution in [0.5, 0.6) is 0 Å². The topological polar surface area (TPSA) is 42.2 Å². The van der Waals surface area contributed by atoms with Crippen LogP contribution in [0.15, 0.2) is 18.3 Å². The Kier molecular flexibility index (Phi) is 3.44. The molecule has 2 N–H and O–H groups in total. The largest absolute Gasteiger partial charge is 0.353 e. The third kappa shape index (κ3) is 2.05. The maximum absolute atomic E-state index is 6.00. The van der Waals surface area contributed by atoms with E-state index in [9.17, 15) is 0 Å². The van der Waals surface area contributed by atoms with E-state index in [0.717, 1.165) is 12.4 Å². The van der Waals surface area contributed by atoms with Crippen LogP contribution in [-0.4, -0.2) is 17.6 Å². The molecule has 0 radical (unpaired) electrons. The monoisotopic (exact) mass is 219 g/mol. The summed E-state index contributed by atoms with van der Waals surface area (Å²) in [5, 5.41) is 0. The first-order valence-corrected chi connectivity index (χ1v) is 6.21. The number of anilines is 1. The number of aromatic nitrogens is 1. The molecular weight excluding hydrogens is 198 g/mol. The molecule has 2 rings (SSSR count). The lowest BCUT2D eigenvalue weighted by Crippen LogP contribution is -2.31. The van der Waals surface area contributed by atoms with Gasteiger partial charge in [-0.15, -0.1) is 0 Å². The van der Waals surface area contributed by atoms with E-state index < -0.39 is 0 Å². The molecule has 1 saturated heterocycles.